The molecule has 0 unspecified atom stereocenters. The van der Waals surface area contributed by atoms with Crippen molar-refractivity contribution in [3.05, 3.63) is 0 Å². The van der Waals surface area contributed by atoms with Crippen molar-refractivity contribution in [2.75, 3.05) is 39.3 Å². The SMILES string of the molecule is CCN1CC2CN(CC)CC(C1)C2O. The summed E-state index contributed by atoms with van der Waals surface area (Å²) >= 11 is 0. The van der Waals surface area contributed by atoms with Gasteiger partial charge in [-0.2, -0.15) is 0 Å². The fraction of sp³-hybridized carbons (Fsp3) is 1.00. The molecule has 2 bridgehead atoms. The van der Waals surface area contributed by atoms with Gasteiger partial charge in [-0.3, -0.25) is 0 Å². The highest BCUT2D eigenvalue weighted by atomic mass is 16.3. The van der Waals surface area contributed by atoms with Crippen LogP contribution in [-0.2, 0) is 0 Å². The molecular weight excluding hydrogens is 176 g/mol. The Bertz CT molecular complexity index is 166. The lowest BCUT2D eigenvalue weighted by Crippen LogP contribution is -2.59. The molecule has 3 nitrogen and oxygen atoms in total. The van der Waals surface area contributed by atoms with Crippen molar-refractivity contribution in [1.29, 1.82) is 0 Å². The lowest BCUT2D eigenvalue weighted by Gasteiger charge is -2.48. The van der Waals surface area contributed by atoms with Crippen molar-refractivity contribution in [2.24, 2.45) is 11.8 Å². The predicted octanol–water partition coefficient (Wildman–Crippen LogP) is 0.251. The molecule has 0 amide bonds. The number of piperidine rings is 2. The van der Waals surface area contributed by atoms with Gasteiger partial charge in [-0.1, -0.05) is 13.8 Å². The van der Waals surface area contributed by atoms with Crippen LogP contribution in [0.1, 0.15) is 13.8 Å². The Morgan fingerprint density at radius 3 is 1.57 bits per heavy atom. The molecule has 2 aliphatic heterocycles. The Labute approximate surface area is 86.7 Å². The zero-order valence-electron chi connectivity index (χ0n) is 9.32. The van der Waals surface area contributed by atoms with E-state index in [2.05, 4.69) is 23.6 Å². The molecule has 0 atom stereocenters. The maximum atomic E-state index is 10.1. The van der Waals surface area contributed by atoms with E-state index in [0.29, 0.717) is 11.8 Å². The molecule has 0 spiro atoms. The summed E-state index contributed by atoms with van der Waals surface area (Å²) < 4.78 is 0. The second kappa shape index (κ2) is 4.17. The van der Waals surface area contributed by atoms with E-state index in [4.69, 9.17) is 0 Å². The van der Waals surface area contributed by atoms with E-state index in [0.717, 1.165) is 39.3 Å². The molecule has 82 valence electrons. The van der Waals surface area contributed by atoms with Gasteiger partial charge in [-0.05, 0) is 13.1 Å². The minimum atomic E-state index is -0.0411. The van der Waals surface area contributed by atoms with Gasteiger partial charge in [-0.15, -0.1) is 0 Å². The van der Waals surface area contributed by atoms with Gasteiger partial charge >= 0.3 is 0 Å². The van der Waals surface area contributed by atoms with Crippen molar-refractivity contribution in [3.63, 3.8) is 0 Å². The van der Waals surface area contributed by atoms with E-state index in [1.165, 1.54) is 0 Å². The van der Waals surface area contributed by atoms with Crippen molar-refractivity contribution < 1.29 is 5.11 Å². The summed E-state index contributed by atoms with van der Waals surface area (Å²) in [4.78, 5) is 4.96. The second-order valence-electron chi connectivity index (χ2n) is 4.72. The highest BCUT2D eigenvalue weighted by molar-refractivity contribution is 4.93. The molecule has 2 aliphatic rings. The largest absolute Gasteiger partial charge is 0.392 e. The zero-order valence-corrected chi connectivity index (χ0v) is 9.32. The van der Waals surface area contributed by atoms with Crippen LogP contribution in [0.4, 0.5) is 0 Å². The Balaban J connectivity index is 2.02. The molecule has 2 saturated heterocycles. The van der Waals surface area contributed by atoms with Crippen molar-refractivity contribution >= 4 is 0 Å². The van der Waals surface area contributed by atoms with E-state index in [1.807, 2.05) is 0 Å². The monoisotopic (exact) mass is 198 g/mol. The standard InChI is InChI=1S/C11H22N2O/c1-3-12-5-9-7-13(4-2)8-10(6-12)11(9)14/h9-11,14H,3-8H2,1-2H3. The molecule has 0 aromatic heterocycles. The van der Waals surface area contributed by atoms with Crippen LogP contribution in [0.5, 0.6) is 0 Å². The number of fused-ring (bicyclic) bond motifs is 2. The lowest BCUT2D eigenvalue weighted by molar-refractivity contribution is -0.0755. The van der Waals surface area contributed by atoms with Gasteiger partial charge in [0.15, 0.2) is 0 Å². The number of hydrogen-bond acceptors (Lipinski definition) is 3. The first-order chi connectivity index (χ1) is 6.74. The molecule has 0 radical (unpaired) electrons. The van der Waals surface area contributed by atoms with Gasteiger partial charge in [-0.25, -0.2) is 0 Å². The highest BCUT2D eigenvalue weighted by Crippen LogP contribution is 2.28. The topological polar surface area (TPSA) is 26.7 Å². The van der Waals surface area contributed by atoms with Crippen LogP contribution in [0, 0.1) is 11.8 Å². The maximum absolute atomic E-state index is 10.1. The molecule has 0 saturated carbocycles. The van der Waals surface area contributed by atoms with Crippen LogP contribution in [0.15, 0.2) is 0 Å². The molecule has 1 N–H and O–H groups in total. The Morgan fingerprint density at radius 2 is 1.29 bits per heavy atom. The smallest absolute Gasteiger partial charge is 0.0645 e. The van der Waals surface area contributed by atoms with Gasteiger partial charge < -0.3 is 14.9 Å². The molecule has 0 aliphatic carbocycles. The number of nitrogens with zero attached hydrogens (tertiary/aromatic N) is 2. The first-order valence-electron chi connectivity index (χ1n) is 5.87. The average Bonchev–Trinajstić information content (AvgIpc) is 2.17. The van der Waals surface area contributed by atoms with Gasteiger partial charge in [0.2, 0.25) is 0 Å². The number of hydrogen-bond donors (Lipinski definition) is 1. The summed E-state index contributed by atoms with van der Waals surface area (Å²) in [5.41, 5.74) is 0. The van der Waals surface area contributed by atoms with Crippen molar-refractivity contribution in [1.82, 2.24) is 9.80 Å². The number of rotatable bonds is 2. The molecule has 0 aromatic carbocycles. The summed E-state index contributed by atoms with van der Waals surface area (Å²) in [5.74, 6) is 0.977. The van der Waals surface area contributed by atoms with Crippen molar-refractivity contribution in [3.8, 4) is 0 Å². The third kappa shape index (κ3) is 1.81. The number of likely N-dealkylation sites (tertiary alicyclic amines) is 2. The first-order valence-corrected chi connectivity index (χ1v) is 5.87. The van der Waals surface area contributed by atoms with Gasteiger partial charge in [0.05, 0.1) is 6.10 Å². The summed E-state index contributed by atoms with van der Waals surface area (Å²) in [6, 6.07) is 0. The lowest BCUT2D eigenvalue weighted by atomic mass is 9.81. The van der Waals surface area contributed by atoms with E-state index in [-0.39, 0.29) is 6.10 Å². The van der Waals surface area contributed by atoms with Crippen LogP contribution in [0.3, 0.4) is 0 Å². The van der Waals surface area contributed by atoms with E-state index in [9.17, 15) is 5.11 Å². The van der Waals surface area contributed by atoms with Crippen LogP contribution in [0.2, 0.25) is 0 Å². The number of aliphatic hydroxyl groups is 1. The van der Waals surface area contributed by atoms with E-state index >= 15 is 0 Å². The maximum Gasteiger partial charge on any atom is 0.0645 e. The quantitative estimate of drug-likeness (QED) is 0.689. The molecule has 14 heavy (non-hydrogen) atoms. The molecule has 2 rings (SSSR count). The number of aliphatic hydroxyl groups excluding tert-OH is 1. The highest BCUT2D eigenvalue weighted by Gasteiger charge is 2.40. The Hall–Kier alpha value is -0.120. The predicted molar refractivity (Wildman–Crippen MR) is 57.2 cm³/mol. The zero-order chi connectivity index (χ0) is 10.1. The fourth-order valence-electron chi connectivity index (χ4n) is 2.92. The second-order valence-corrected chi connectivity index (χ2v) is 4.72. The minimum absolute atomic E-state index is 0.0411. The molecule has 0 aromatic rings. The fourth-order valence-corrected chi connectivity index (χ4v) is 2.92. The van der Waals surface area contributed by atoms with Crippen LogP contribution in [-0.4, -0.2) is 60.3 Å². The van der Waals surface area contributed by atoms with E-state index in [1.54, 1.807) is 0 Å². The first kappa shape index (κ1) is 10.4. The molecular formula is C11H22N2O. The third-order valence-corrected chi connectivity index (χ3v) is 3.83. The normalized spacial score (nSPS) is 40.1. The molecule has 3 heteroatoms. The Kier molecular flexibility index (Phi) is 3.10. The summed E-state index contributed by atoms with van der Waals surface area (Å²) in [6.45, 7) is 11.0. The van der Waals surface area contributed by atoms with E-state index < -0.39 is 0 Å². The minimum Gasteiger partial charge on any atom is -0.392 e. The molecule has 2 fully saturated rings. The van der Waals surface area contributed by atoms with Gasteiger partial charge in [0.1, 0.15) is 0 Å². The van der Waals surface area contributed by atoms with Gasteiger partial charge in [0.25, 0.3) is 0 Å². The summed E-state index contributed by atoms with van der Waals surface area (Å²) in [6.07, 6.45) is -0.0411. The molecule has 2 heterocycles. The summed E-state index contributed by atoms with van der Waals surface area (Å²) in [5, 5.41) is 10.1. The third-order valence-electron chi connectivity index (χ3n) is 3.83. The van der Waals surface area contributed by atoms with Crippen molar-refractivity contribution in [2.45, 2.75) is 20.0 Å². The van der Waals surface area contributed by atoms with Crippen LogP contribution >= 0.6 is 0 Å². The summed E-state index contributed by atoms with van der Waals surface area (Å²) in [7, 11) is 0. The average molecular weight is 198 g/mol. The van der Waals surface area contributed by atoms with Crippen LogP contribution < -0.4 is 0 Å². The van der Waals surface area contributed by atoms with Gasteiger partial charge in [0, 0.05) is 38.0 Å². The Morgan fingerprint density at radius 1 is 0.929 bits per heavy atom. The van der Waals surface area contributed by atoms with Crippen LogP contribution in [0.25, 0.3) is 0 Å².